The topological polar surface area (TPSA) is 74.1 Å². The van der Waals surface area contributed by atoms with Crippen molar-refractivity contribution in [1.29, 1.82) is 5.26 Å². The number of Topliss-reactive ketones (excluding diaryl/α,β-unsaturated/α-hetero) is 1. The summed E-state index contributed by atoms with van der Waals surface area (Å²) >= 11 is 3.15. The third-order valence-corrected chi connectivity index (χ3v) is 2.85. The van der Waals surface area contributed by atoms with Crippen LogP contribution in [0.1, 0.15) is 10.5 Å². The fraction of sp³-hybridized carbons (Fsp3) is 0.200. The van der Waals surface area contributed by atoms with Gasteiger partial charge in [0.1, 0.15) is 10.3 Å². The van der Waals surface area contributed by atoms with Crippen molar-refractivity contribution in [2.24, 2.45) is 5.92 Å². The number of aromatic nitrogens is 1. The van der Waals surface area contributed by atoms with Gasteiger partial charge in [-0.1, -0.05) is 0 Å². The minimum atomic E-state index is -1.28. The summed E-state index contributed by atoms with van der Waals surface area (Å²) in [6, 6.07) is 4.96. The Balaban J connectivity index is 2.65. The van der Waals surface area contributed by atoms with E-state index in [1.807, 2.05) is 0 Å². The summed E-state index contributed by atoms with van der Waals surface area (Å²) in [6.07, 6.45) is 0. The molecule has 1 unspecified atom stereocenters. The van der Waals surface area contributed by atoms with Crippen LogP contribution < -0.4 is 4.90 Å². The van der Waals surface area contributed by atoms with Gasteiger partial charge in [-0.3, -0.25) is 9.59 Å². The lowest BCUT2D eigenvalue weighted by molar-refractivity contribution is -0.119. The molecule has 0 radical (unpaired) electrons. The van der Waals surface area contributed by atoms with E-state index in [1.54, 1.807) is 18.2 Å². The highest BCUT2D eigenvalue weighted by atomic mass is 79.9. The minimum absolute atomic E-state index is 0.156. The summed E-state index contributed by atoms with van der Waals surface area (Å²) in [5.74, 6) is -2.33. The SMILES string of the molecule is CN1C(=O)C(C#N)C(=O)c2nc(Br)ccc21. The predicted molar refractivity (Wildman–Crippen MR) is 58.8 cm³/mol. The molecule has 2 rings (SSSR count). The summed E-state index contributed by atoms with van der Waals surface area (Å²) in [4.78, 5) is 28.7. The molecule has 0 spiro atoms. The highest BCUT2D eigenvalue weighted by Crippen LogP contribution is 2.29. The molecule has 0 N–H and O–H groups in total. The maximum atomic E-state index is 11.8. The van der Waals surface area contributed by atoms with E-state index in [4.69, 9.17) is 5.26 Å². The fourth-order valence-corrected chi connectivity index (χ4v) is 1.86. The molecule has 0 aliphatic carbocycles. The summed E-state index contributed by atoms with van der Waals surface area (Å²) in [5, 5.41) is 8.79. The van der Waals surface area contributed by atoms with Gasteiger partial charge in [0.15, 0.2) is 5.92 Å². The number of nitrogens with zero attached hydrogens (tertiary/aromatic N) is 3. The first-order valence-electron chi connectivity index (χ1n) is 4.44. The van der Waals surface area contributed by atoms with E-state index in [2.05, 4.69) is 20.9 Å². The Kier molecular flexibility index (Phi) is 2.48. The van der Waals surface area contributed by atoms with Crippen LogP contribution in [-0.4, -0.2) is 23.7 Å². The zero-order valence-corrected chi connectivity index (χ0v) is 9.85. The second kappa shape index (κ2) is 3.68. The maximum absolute atomic E-state index is 11.8. The van der Waals surface area contributed by atoms with Crippen LogP contribution in [0.25, 0.3) is 0 Å². The van der Waals surface area contributed by atoms with Gasteiger partial charge in [-0.15, -0.1) is 0 Å². The number of hydrogen-bond acceptors (Lipinski definition) is 4. The number of rotatable bonds is 0. The molecule has 1 aliphatic heterocycles. The van der Waals surface area contributed by atoms with Gasteiger partial charge in [0.2, 0.25) is 5.78 Å². The normalized spacial score (nSPS) is 19.3. The van der Waals surface area contributed by atoms with Gasteiger partial charge in [-0.05, 0) is 28.1 Å². The van der Waals surface area contributed by atoms with Crippen molar-refractivity contribution in [2.75, 3.05) is 11.9 Å². The van der Waals surface area contributed by atoms with Crippen molar-refractivity contribution in [3.63, 3.8) is 0 Å². The Hall–Kier alpha value is -1.74. The smallest absolute Gasteiger partial charge is 0.252 e. The molecule has 0 saturated carbocycles. The Morgan fingerprint density at radius 2 is 2.19 bits per heavy atom. The van der Waals surface area contributed by atoms with Gasteiger partial charge in [-0.2, -0.15) is 5.26 Å². The summed E-state index contributed by atoms with van der Waals surface area (Å²) < 4.78 is 0.499. The number of carbonyl (C=O) groups is 2. The monoisotopic (exact) mass is 279 g/mol. The Bertz CT molecular complexity index is 535. The van der Waals surface area contributed by atoms with Gasteiger partial charge in [0.05, 0.1) is 11.8 Å². The minimum Gasteiger partial charge on any atom is -0.312 e. The van der Waals surface area contributed by atoms with E-state index in [0.29, 0.717) is 10.3 Å². The lowest BCUT2D eigenvalue weighted by Gasteiger charge is -2.26. The number of ketones is 1. The average Bonchev–Trinajstić information content (AvgIpc) is 2.27. The number of amides is 1. The third-order valence-electron chi connectivity index (χ3n) is 2.40. The van der Waals surface area contributed by atoms with Crippen LogP contribution in [0, 0.1) is 17.2 Å². The standard InChI is InChI=1S/C10H6BrN3O2/c1-14-6-2-3-7(11)13-8(6)9(15)5(4-12)10(14)16/h2-3,5H,1H3. The number of nitriles is 1. The van der Waals surface area contributed by atoms with Gasteiger partial charge < -0.3 is 4.90 Å². The van der Waals surface area contributed by atoms with E-state index in [0.717, 1.165) is 0 Å². The molecule has 0 saturated heterocycles. The van der Waals surface area contributed by atoms with E-state index in [-0.39, 0.29) is 5.69 Å². The molecule has 5 nitrogen and oxygen atoms in total. The molecule has 0 bridgehead atoms. The molecule has 0 fully saturated rings. The Morgan fingerprint density at radius 3 is 2.81 bits per heavy atom. The summed E-state index contributed by atoms with van der Waals surface area (Å²) in [7, 11) is 1.52. The van der Waals surface area contributed by atoms with Crippen LogP contribution in [0.4, 0.5) is 5.69 Å². The quantitative estimate of drug-likeness (QED) is 0.527. The molecule has 1 amide bonds. The fourth-order valence-electron chi connectivity index (χ4n) is 1.56. The van der Waals surface area contributed by atoms with Crippen molar-refractivity contribution >= 4 is 33.3 Å². The molecule has 1 atom stereocenters. The highest BCUT2D eigenvalue weighted by Gasteiger charge is 2.39. The van der Waals surface area contributed by atoms with Crippen LogP contribution in [0.5, 0.6) is 0 Å². The van der Waals surface area contributed by atoms with E-state index >= 15 is 0 Å². The molecule has 2 heterocycles. The van der Waals surface area contributed by atoms with Gasteiger partial charge in [-0.25, -0.2) is 4.98 Å². The van der Waals surface area contributed by atoms with E-state index in [9.17, 15) is 9.59 Å². The third kappa shape index (κ3) is 1.41. The first-order chi connectivity index (χ1) is 7.56. The van der Waals surface area contributed by atoms with Crippen LogP contribution in [0.3, 0.4) is 0 Å². The van der Waals surface area contributed by atoms with Crippen molar-refractivity contribution < 1.29 is 9.59 Å². The number of carbonyl (C=O) groups excluding carboxylic acids is 2. The van der Waals surface area contributed by atoms with Crippen molar-refractivity contribution in [3.8, 4) is 6.07 Å². The van der Waals surface area contributed by atoms with Crippen LogP contribution in [0.2, 0.25) is 0 Å². The van der Waals surface area contributed by atoms with E-state index < -0.39 is 17.6 Å². The lowest BCUT2D eigenvalue weighted by Crippen LogP contribution is -2.42. The van der Waals surface area contributed by atoms with Gasteiger partial charge in [0.25, 0.3) is 5.91 Å². The summed E-state index contributed by atoms with van der Waals surface area (Å²) in [6.45, 7) is 0. The molecule has 1 aromatic rings. The van der Waals surface area contributed by atoms with Gasteiger partial charge in [0, 0.05) is 7.05 Å². The van der Waals surface area contributed by atoms with Gasteiger partial charge >= 0.3 is 0 Å². The van der Waals surface area contributed by atoms with Crippen LogP contribution in [0.15, 0.2) is 16.7 Å². The van der Waals surface area contributed by atoms with Crippen molar-refractivity contribution in [3.05, 3.63) is 22.4 Å². The Morgan fingerprint density at radius 1 is 1.50 bits per heavy atom. The molecule has 1 aliphatic rings. The lowest BCUT2D eigenvalue weighted by atomic mass is 9.95. The second-order valence-electron chi connectivity index (χ2n) is 3.33. The number of halogens is 1. The number of hydrogen-bond donors (Lipinski definition) is 0. The molecule has 80 valence electrons. The molecule has 16 heavy (non-hydrogen) atoms. The molecule has 1 aromatic heterocycles. The Labute approximate surface area is 99.8 Å². The number of fused-ring (bicyclic) bond motifs is 1. The molecule has 0 aromatic carbocycles. The molecular formula is C10H6BrN3O2. The highest BCUT2D eigenvalue weighted by molar-refractivity contribution is 9.10. The first-order valence-corrected chi connectivity index (χ1v) is 5.23. The molecule has 6 heteroatoms. The van der Waals surface area contributed by atoms with Crippen LogP contribution in [-0.2, 0) is 4.79 Å². The van der Waals surface area contributed by atoms with Crippen molar-refractivity contribution in [2.45, 2.75) is 0 Å². The number of pyridine rings is 1. The maximum Gasteiger partial charge on any atom is 0.252 e. The number of anilines is 1. The summed E-state index contributed by atoms with van der Waals surface area (Å²) in [5.41, 5.74) is 0.590. The zero-order chi connectivity index (χ0) is 11.9. The average molecular weight is 280 g/mol. The van der Waals surface area contributed by atoms with E-state index in [1.165, 1.54) is 11.9 Å². The zero-order valence-electron chi connectivity index (χ0n) is 8.27. The molecular weight excluding hydrogens is 274 g/mol. The second-order valence-corrected chi connectivity index (χ2v) is 4.14. The first kappa shape index (κ1) is 10.8. The van der Waals surface area contributed by atoms with Crippen molar-refractivity contribution in [1.82, 2.24) is 4.98 Å². The largest absolute Gasteiger partial charge is 0.312 e. The predicted octanol–water partition coefficient (Wildman–Crippen LogP) is 1.14. The van der Waals surface area contributed by atoms with Crippen LogP contribution >= 0.6 is 15.9 Å².